The van der Waals surface area contributed by atoms with E-state index < -0.39 is 32.1 Å². The summed E-state index contributed by atoms with van der Waals surface area (Å²) >= 11 is 0. The molecule has 0 aromatic heterocycles. The normalized spacial score (nSPS) is 11.8. The molecule has 10 nitrogen and oxygen atoms in total. The highest BCUT2D eigenvalue weighted by molar-refractivity contribution is 7.86. The molecule has 0 saturated heterocycles. The number of amides is 2. The summed E-state index contributed by atoms with van der Waals surface area (Å²) in [6, 6.07) is 11.2. The lowest BCUT2D eigenvalue weighted by molar-refractivity contribution is -0.114. The second-order valence-corrected chi connectivity index (χ2v) is 8.80. The van der Waals surface area contributed by atoms with E-state index in [1.807, 2.05) is 0 Å². The molecule has 0 spiro atoms. The molecule has 0 bridgehead atoms. The summed E-state index contributed by atoms with van der Waals surface area (Å²) in [4.78, 5) is 21.0. The summed E-state index contributed by atoms with van der Waals surface area (Å²) in [6.07, 6.45) is 1.31. The fraction of sp³-hybridized carbons (Fsp3) is 0.0526. The summed E-state index contributed by atoms with van der Waals surface area (Å²) in [5, 5.41) is 0. The van der Waals surface area contributed by atoms with Crippen molar-refractivity contribution in [2.45, 2.75) is 16.7 Å². The topological polar surface area (TPSA) is 195 Å². The fourth-order valence-corrected chi connectivity index (χ4v) is 3.61. The minimum absolute atomic E-state index is 0.00694. The molecule has 0 fully saturated rings. The molecule has 0 saturated carbocycles. The number of carbonyl (C=O) groups excluding carboxylic acids is 2. The highest BCUT2D eigenvalue weighted by Gasteiger charge is 2.18. The fourth-order valence-electron chi connectivity index (χ4n) is 2.21. The van der Waals surface area contributed by atoms with Crippen molar-refractivity contribution >= 4 is 43.7 Å². The second kappa shape index (κ2) is 10.1. The van der Waals surface area contributed by atoms with E-state index in [4.69, 9.17) is 20.6 Å². The zero-order chi connectivity index (χ0) is 24.0. The van der Waals surface area contributed by atoms with Crippen LogP contribution in [-0.2, 0) is 29.8 Å². The van der Waals surface area contributed by atoms with Gasteiger partial charge in [-0.05, 0) is 30.7 Å². The van der Waals surface area contributed by atoms with E-state index in [9.17, 15) is 26.4 Å². The lowest BCUT2D eigenvalue weighted by Crippen LogP contribution is -2.14. The van der Waals surface area contributed by atoms with Gasteiger partial charge in [-0.15, -0.1) is 0 Å². The Balaban J connectivity index is 0.000000311. The Kier molecular flexibility index (Phi) is 8.40. The highest BCUT2D eigenvalue weighted by Crippen LogP contribution is 2.21. The predicted molar refractivity (Wildman–Crippen MR) is 114 cm³/mol. The van der Waals surface area contributed by atoms with Gasteiger partial charge in [-0.25, -0.2) is 0 Å². The molecule has 31 heavy (non-hydrogen) atoms. The Morgan fingerprint density at radius 3 is 1.74 bits per heavy atom. The van der Waals surface area contributed by atoms with Crippen molar-refractivity contribution in [3.63, 3.8) is 0 Å². The van der Waals surface area contributed by atoms with E-state index >= 15 is 0 Å². The maximum absolute atomic E-state index is 11.0. The van der Waals surface area contributed by atoms with Gasteiger partial charge in [0.15, 0.2) is 0 Å². The third-order valence-electron chi connectivity index (χ3n) is 3.75. The van der Waals surface area contributed by atoms with E-state index in [1.165, 1.54) is 55.5 Å². The van der Waals surface area contributed by atoms with Gasteiger partial charge in [-0.1, -0.05) is 43.0 Å². The average Bonchev–Trinajstić information content (AvgIpc) is 2.66. The van der Waals surface area contributed by atoms with Gasteiger partial charge >= 0.3 is 0 Å². The van der Waals surface area contributed by atoms with Crippen molar-refractivity contribution in [1.29, 1.82) is 0 Å². The third-order valence-corrected chi connectivity index (χ3v) is 5.58. The zero-order valence-corrected chi connectivity index (χ0v) is 17.9. The van der Waals surface area contributed by atoms with Crippen LogP contribution in [0.25, 0.3) is 11.6 Å². The monoisotopic (exact) mass is 468 g/mol. The maximum Gasteiger partial charge on any atom is 0.295 e. The van der Waals surface area contributed by atoms with E-state index in [0.717, 1.165) is 0 Å². The summed E-state index contributed by atoms with van der Waals surface area (Å²) in [7, 11) is -8.68. The smallest absolute Gasteiger partial charge is 0.295 e. The molecule has 0 atom stereocenters. The lowest BCUT2D eigenvalue weighted by atomic mass is 10.1. The Bertz CT molecular complexity index is 1260. The summed E-state index contributed by atoms with van der Waals surface area (Å²) < 4.78 is 61.7. The van der Waals surface area contributed by atoms with Gasteiger partial charge in [-0.2, -0.15) is 16.8 Å². The van der Waals surface area contributed by atoms with Crippen LogP contribution in [0.15, 0.2) is 70.5 Å². The molecule has 2 amide bonds. The molecule has 6 N–H and O–H groups in total. The number of carbonyl (C=O) groups is 2. The first kappa shape index (κ1) is 25.7. The molecule has 2 rings (SSSR count). The number of nitrogens with two attached hydrogens (primary N) is 2. The van der Waals surface area contributed by atoms with Crippen molar-refractivity contribution in [2.75, 3.05) is 0 Å². The SMILES string of the molecule is C=C(C(N)=O)c1ccccc1S(=O)(=O)O.CC(=Cc1ccccc1S(=O)(=O)O)C(N)=O. The van der Waals surface area contributed by atoms with E-state index in [0.29, 0.717) is 0 Å². The van der Waals surface area contributed by atoms with Crippen LogP contribution in [0.3, 0.4) is 0 Å². The molecule has 166 valence electrons. The lowest BCUT2D eigenvalue weighted by Gasteiger charge is -2.06. The van der Waals surface area contributed by atoms with Crippen molar-refractivity contribution in [3.05, 3.63) is 71.8 Å². The number of hydrogen-bond acceptors (Lipinski definition) is 6. The quantitative estimate of drug-likeness (QED) is 0.359. The van der Waals surface area contributed by atoms with Crippen LogP contribution >= 0.6 is 0 Å². The Morgan fingerprint density at radius 1 is 0.839 bits per heavy atom. The standard InChI is InChI=1S/C10H11NO4S.C9H9NO4S/c1-7(10(11)12)6-8-4-2-3-5-9(8)16(13,14)15;1-6(9(10)11)7-4-2-3-5-8(7)15(12,13)14/h2-6H,1H3,(H2,11,12)(H,13,14,15);2-5H,1H2,(H2,10,11)(H,12,13,14). The van der Waals surface area contributed by atoms with Gasteiger partial charge in [0.25, 0.3) is 20.2 Å². The van der Waals surface area contributed by atoms with Crippen LogP contribution in [0.5, 0.6) is 0 Å². The van der Waals surface area contributed by atoms with Crippen molar-refractivity contribution in [1.82, 2.24) is 0 Å². The molecular weight excluding hydrogens is 448 g/mol. The Hall–Kier alpha value is -3.32. The van der Waals surface area contributed by atoms with Crippen LogP contribution in [-0.4, -0.2) is 37.8 Å². The van der Waals surface area contributed by atoms with Crippen LogP contribution in [0.2, 0.25) is 0 Å². The van der Waals surface area contributed by atoms with Crippen molar-refractivity contribution in [3.8, 4) is 0 Å². The zero-order valence-electron chi connectivity index (χ0n) is 16.2. The predicted octanol–water partition coefficient (Wildman–Crippen LogP) is 1.25. The third kappa shape index (κ3) is 7.46. The maximum atomic E-state index is 11.0. The molecule has 0 heterocycles. The van der Waals surface area contributed by atoms with Crippen molar-refractivity contribution < 1.29 is 35.5 Å². The molecule has 0 unspecified atom stereocenters. The van der Waals surface area contributed by atoms with Gasteiger partial charge in [0.2, 0.25) is 11.8 Å². The van der Waals surface area contributed by atoms with Crippen LogP contribution < -0.4 is 11.5 Å². The second-order valence-electron chi connectivity index (χ2n) is 6.02. The first-order valence-electron chi connectivity index (χ1n) is 8.26. The molecule has 0 radical (unpaired) electrons. The van der Waals surface area contributed by atoms with Crippen LogP contribution in [0.4, 0.5) is 0 Å². The van der Waals surface area contributed by atoms with Crippen LogP contribution in [0, 0.1) is 0 Å². The molecule has 2 aromatic carbocycles. The number of benzene rings is 2. The first-order chi connectivity index (χ1) is 14.2. The molecule has 0 aliphatic rings. The molecule has 0 aliphatic heterocycles. The summed E-state index contributed by atoms with van der Waals surface area (Å²) in [6.45, 7) is 4.81. The van der Waals surface area contributed by atoms with Gasteiger partial charge in [0, 0.05) is 16.7 Å². The van der Waals surface area contributed by atoms with Crippen molar-refractivity contribution in [2.24, 2.45) is 11.5 Å². The van der Waals surface area contributed by atoms with Crippen LogP contribution in [0.1, 0.15) is 18.1 Å². The van der Waals surface area contributed by atoms with Gasteiger partial charge in [0.05, 0.1) is 0 Å². The Morgan fingerprint density at radius 2 is 1.29 bits per heavy atom. The molecule has 2 aromatic rings. The van der Waals surface area contributed by atoms with E-state index in [-0.39, 0.29) is 32.1 Å². The van der Waals surface area contributed by atoms with Gasteiger partial charge in [0.1, 0.15) is 9.79 Å². The average molecular weight is 469 g/mol. The first-order valence-corrected chi connectivity index (χ1v) is 11.1. The van der Waals surface area contributed by atoms with E-state index in [1.54, 1.807) is 6.07 Å². The molecule has 12 heteroatoms. The van der Waals surface area contributed by atoms with Gasteiger partial charge in [-0.3, -0.25) is 18.7 Å². The summed E-state index contributed by atoms with van der Waals surface area (Å²) in [5.41, 5.74) is 10.3. The molecule has 0 aliphatic carbocycles. The number of hydrogen-bond donors (Lipinski definition) is 4. The summed E-state index contributed by atoms with van der Waals surface area (Å²) in [5.74, 6) is -1.49. The highest BCUT2D eigenvalue weighted by atomic mass is 32.2. The Labute approximate surface area is 179 Å². The largest absolute Gasteiger partial charge is 0.366 e. The molecular formula is C19H20N2O8S2. The van der Waals surface area contributed by atoms with E-state index in [2.05, 4.69) is 6.58 Å². The number of rotatable bonds is 6. The minimum atomic E-state index is -4.38. The minimum Gasteiger partial charge on any atom is -0.366 e. The van der Waals surface area contributed by atoms with Gasteiger partial charge < -0.3 is 11.5 Å². The number of primary amides is 2.